The van der Waals surface area contributed by atoms with Crippen molar-refractivity contribution in [2.24, 2.45) is 0 Å². The van der Waals surface area contributed by atoms with Crippen LogP contribution >= 0.6 is 0 Å². The SMILES string of the molecule is CCCc1c2nc(-c3cc(S(=O)(=O)N4CCN(CC)CC4)cnc3O[C@@H](C)COC)[nH]c(=O)c2nn1CCOC. The van der Waals surface area contributed by atoms with Crippen LogP contribution in [0, 0.1) is 0 Å². The molecule has 3 aromatic rings. The van der Waals surface area contributed by atoms with Gasteiger partial charge in [-0.05, 0) is 26.0 Å². The predicted molar refractivity (Wildman–Crippen MR) is 150 cm³/mol. The quantitative estimate of drug-likeness (QED) is 0.317. The minimum absolute atomic E-state index is 0.00603. The first-order chi connectivity index (χ1) is 19.2. The number of pyridine rings is 1. The monoisotopic (exact) mass is 577 g/mol. The molecule has 0 saturated carbocycles. The molecule has 0 aromatic carbocycles. The van der Waals surface area contributed by atoms with Gasteiger partial charge in [0.05, 0.1) is 37.2 Å². The highest BCUT2D eigenvalue weighted by atomic mass is 32.2. The summed E-state index contributed by atoms with van der Waals surface area (Å²) >= 11 is 0. The van der Waals surface area contributed by atoms with E-state index < -0.39 is 15.6 Å². The number of sulfonamides is 1. The van der Waals surface area contributed by atoms with Crippen molar-refractivity contribution >= 4 is 21.1 Å². The van der Waals surface area contributed by atoms with Gasteiger partial charge in [0.1, 0.15) is 22.3 Å². The summed E-state index contributed by atoms with van der Waals surface area (Å²) in [6, 6.07) is 1.47. The average molecular weight is 578 g/mol. The van der Waals surface area contributed by atoms with Crippen molar-refractivity contribution < 1.29 is 22.6 Å². The number of H-pyrrole nitrogens is 1. The summed E-state index contributed by atoms with van der Waals surface area (Å²) < 4.78 is 46.9. The van der Waals surface area contributed by atoms with Crippen LogP contribution in [-0.2, 0) is 32.5 Å². The first kappa shape index (κ1) is 30.1. The highest BCUT2D eigenvalue weighted by Crippen LogP contribution is 2.31. The number of nitrogens with zero attached hydrogens (tertiary/aromatic N) is 6. The maximum atomic E-state index is 13.6. The lowest BCUT2D eigenvalue weighted by molar-refractivity contribution is 0.0893. The van der Waals surface area contributed by atoms with Crippen molar-refractivity contribution in [1.29, 1.82) is 0 Å². The smallest absolute Gasteiger partial charge is 0.279 e. The van der Waals surface area contributed by atoms with E-state index in [4.69, 9.17) is 19.2 Å². The lowest BCUT2D eigenvalue weighted by Gasteiger charge is -2.33. The molecule has 0 spiro atoms. The van der Waals surface area contributed by atoms with Gasteiger partial charge in [-0.2, -0.15) is 9.40 Å². The first-order valence-corrected chi connectivity index (χ1v) is 15.0. The molecule has 1 aliphatic rings. The minimum Gasteiger partial charge on any atom is -0.472 e. The van der Waals surface area contributed by atoms with Crippen LogP contribution in [0.5, 0.6) is 5.88 Å². The Morgan fingerprint density at radius 2 is 1.85 bits per heavy atom. The number of hydrogen-bond donors (Lipinski definition) is 1. The van der Waals surface area contributed by atoms with Gasteiger partial charge < -0.3 is 24.1 Å². The largest absolute Gasteiger partial charge is 0.472 e. The van der Waals surface area contributed by atoms with Crippen LogP contribution in [-0.4, -0.2) is 109 Å². The van der Waals surface area contributed by atoms with Crippen molar-refractivity contribution in [2.75, 3.05) is 60.2 Å². The molecule has 0 unspecified atom stereocenters. The van der Waals surface area contributed by atoms with Crippen molar-refractivity contribution in [1.82, 2.24) is 33.9 Å². The number of nitrogens with one attached hydrogen (secondary N) is 1. The Morgan fingerprint density at radius 3 is 2.50 bits per heavy atom. The molecule has 1 saturated heterocycles. The molecule has 1 aliphatic heterocycles. The van der Waals surface area contributed by atoms with Crippen LogP contribution < -0.4 is 10.3 Å². The summed E-state index contributed by atoms with van der Waals surface area (Å²) in [5.74, 6) is 0.298. The van der Waals surface area contributed by atoms with E-state index in [2.05, 4.69) is 26.9 Å². The molecular formula is C26H39N7O6S. The number of fused-ring (bicyclic) bond motifs is 1. The topological polar surface area (TPSA) is 145 Å². The Labute approximate surface area is 234 Å². The number of piperazine rings is 1. The van der Waals surface area contributed by atoms with Crippen LogP contribution in [0.4, 0.5) is 0 Å². The maximum Gasteiger partial charge on any atom is 0.279 e. The van der Waals surface area contributed by atoms with Crippen LogP contribution in [0.15, 0.2) is 22.0 Å². The van der Waals surface area contributed by atoms with E-state index in [0.29, 0.717) is 57.9 Å². The number of aromatic nitrogens is 5. The third kappa shape index (κ3) is 6.36. The third-order valence-electron chi connectivity index (χ3n) is 6.91. The summed E-state index contributed by atoms with van der Waals surface area (Å²) in [5, 5.41) is 4.49. The molecule has 0 aliphatic carbocycles. The van der Waals surface area contributed by atoms with E-state index >= 15 is 0 Å². The molecule has 0 amide bonds. The molecule has 1 N–H and O–H groups in total. The molecule has 0 bridgehead atoms. The number of methoxy groups -OCH3 is 2. The first-order valence-electron chi connectivity index (χ1n) is 13.6. The van der Waals surface area contributed by atoms with Gasteiger partial charge in [0.2, 0.25) is 15.9 Å². The molecule has 0 radical (unpaired) electrons. The Kier molecular flexibility index (Phi) is 9.90. The molecule has 13 nitrogen and oxygen atoms in total. The highest BCUT2D eigenvalue weighted by molar-refractivity contribution is 7.89. The fourth-order valence-electron chi connectivity index (χ4n) is 4.77. The Morgan fingerprint density at radius 1 is 1.10 bits per heavy atom. The molecule has 220 valence electrons. The van der Waals surface area contributed by atoms with Gasteiger partial charge in [0.25, 0.3) is 5.56 Å². The fourth-order valence-corrected chi connectivity index (χ4v) is 6.17. The van der Waals surface area contributed by atoms with Crippen molar-refractivity contribution in [3.63, 3.8) is 0 Å². The molecule has 4 rings (SSSR count). The third-order valence-corrected chi connectivity index (χ3v) is 8.77. The van der Waals surface area contributed by atoms with Crippen LogP contribution in [0.2, 0.25) is 0 Å². The number of rotatable bonds is 13. The van der Waals surface area contributed by atoms with E-state index in [9.17, 15) is 13.2 Å². The lowest BCUT2D eigenvalue weighted by Crippen LogP contribution is -2.48. The second-order valence-electron chi connectivity index (χ2n) is 9.77. The zero-order valence-corrected chi connectivity index (χ0v) is 24.7. The van der Waals surface area contributed by atoms with Crippen LogP contribution in [0.25, 0.3) is 22.4 Å². The fraction of sp³-hybridized carbons (Fsp3) is 0.615. The molecule has 1 atom stereocenters. The second-order valence-corrected chi connectivity index (χ2v) is 11.7. The summed E-state index contributed by atoms with van der Waals surface area (Å²) in [4.78, 5) is 27.4. The van der Waals surface area contributed by atoms with Crippen molar-refractivity contribution in [2.45, 2.75) is 51.2 Å². The number of likely N-dealkylation sites (N-methyl/N-ethyl adjacent to an activating group) is 1. The van der Waals surface area contributed by atoms with Gasteiger partial charge in [-0.25, -0.2) is 18.4 Å². The Hall–Kier alpha value is -2.91. The molecule has 3 aromatic heterocycles. The van der Waals surface area contributed by atoms with Gasteiger partial charge >= 0.3 is 0 Å². The van der Waals surface area contributed by atoms with Crippen molar-refractivity contribution in [3.05, 3.63) is 28.3 Å². The lowest BCUT2D eigenvalue weighted by atomic mass is 10.2. The van der Waals surface area contributed by atoms with E-state index in [1.807, 2.05) is 13.8 Å². The zero-order valence-electron chi connectivity index (χ0n) is 23.8. The van der Waals surface area contributed by atoms with E-state index in [1.165, 1.54) is 16.6 Å². The predicted octanol–water partition coefficient (Wildman–Crippen LogP) is 1.52. The maximum absolute atomic E-state index is 13.6. The van der Waals surface area contributed by atoms with E-state index in [1.54, 1.807) is 18.9 Å². The molecule has 40 heavy (non-hydrogen) atoms. The summed E-state index contributed by atoms with van der Waals surface area (Å²) in [7, 11) is -0.673. The highest BCUT2D eigenvalue weighted by Gasteiger charge is 2.30. The summed E-state index contributed by atoms with van der Waals surface area (Å²) in [5.41, 5.74) is 1.30. The number of hydrogen-bond acceptors (Lipinski definition) is 10. The van der Waals surface area contributed by atoms with Crippen LogP contribution in [0.3, 0.4) is 0 Å². The van der Waals surface area contributed by atoms with Crippen molar-refractivity contribution in [3.8, 4) is 17.3 Å². The minimum atomic E-state index is -3.84. The van der Waals surface area contributed by atoms with Crippen LogP contribution in [0.1, 0.15) is 32.9 Å². The van der Waals surface area contributed by atoms with Gasteiger partial charge in [-0.15, -0.1) is 0 Å². The normalized spacial score (nSPS) is 16.0. The molecule has 4 heterocycles. The van der Waals surface area contributed by atoms with E-state index in [-0.39, 0.29) is 33.8 Å². The number of aryl methyl sites for hydroxylation is 1. The Bertz CT molecular complexity index is 1460. The van der Waals surface area contributed by atoms with Gasteiger partial charge in [0.15, 0.2) is 5.52 Å². The molecule has 14 heteroatoms. The number of ether oxygens (including phenoxy) is 3. The van der Waals surface area contributed by atoms with E-state index in [0.717, 1.165) is 18.7 Å². The Balaban J connectivity index is 1.83. The average Bonchev–Trinajstić information content (AvgIpc) is 3.30. The summed E-state index contributed by atoms with van der Waals surface area (Å²) in [6.45, 7) is 10.1. The second kappa shape index (κ2) is 13.2. The zero-order chi connectivity index (χ0) is 28.9. The van der Waals surface area contributed by atoms with Gasteiger partial charge in [-0.3, -0.25) is 9.48 Å². The van der Waals surface area contributed by atoms with Gasteiger partial charge in [-0.1, -0.05) is 20.3 Å². The van der Waals surface area contributed by atoms with Gasteiger partial charge in [0, 0.05) is 40.4 Å². The molecule has 1 fully saturated rings. The number of aromatic amines is 1. The molecular weight excluding hydrogens is 538 g/mol. The summed E-state index contributed by atoms with van der Waals surface area (Å²) in [6.07, 6.45) is 2.38. The standard InChI is InChI=1S/C26H39N7O6S/c1-6-8-21-22-23(30-33(21)13-14-37-4)25(34)29-24(28-22)20-15-19(16-27-26(20)39-18(3)17-38-5)40(35,36)32-11-9-31(7-2)10-12-32/h15-16,18H,6-14,17H2,1-5H3,(H,28,29,34)/t18-/m0/s1.